The smallest absolute Gasteiger partial charge is 0.408 e. The molecule has 0 N–H and O–H groups in total. The summed E-state index contributed by atoms with van der Waals surface area (Å²) < 4.78 is 4.65. The molecule has 0 aromatic rings. The first-order chi connectivity index (χ1) is 5.20. The van der Waals surface area contributed by atoms with Gasteiger partial charge in [0.25, 0.3) is 0 Å². The summed E-state index contributed by atoms with van der Waals surface area (Å²) in [7, 11) is 0. The van der Waals surface area contributed by atoms with Crippen LogP contribution in [0, 0.1) is 0 Å². The maximum atomic E-state index is 10.3. The summed E-state index contributed by atoms with van der Waals surface area (Å²) in [4.78, 5) is 10.3. The van der Waals surface area contributed by atoms with Crippen LogP contribution in [-0.4, -0.2) is 5.43 Å². The highest BCUT2D eigenvalue weighted by molar-refractivity contribution is 6.61. The van der Waals surface area contributed by atoms with Crippen LogP contribution in [0.5, 0.6) is 0 Å². The van der Waals surface area contributed by atoms with Crippen LogP contribution in [-0.2, 0) is 4.74 Å². The maximum Gasteiger partial charge on any atom is 0.408 e. The lowest BCUT2D eigenvalue weighted by atomic mass is 10.3. The third-order valence-electron chi connectivity index (χ3n) is 1.01. The molecule has 11 heavy (non-hydrogen) atoms. The monoisotopic (exact) mass is 174 g/mol. The van der Waals surface area contributed by atoms with Crippen molar-refractivity contribution in [2.24, 2.45) is 0 Å². The summed E-state index contributed by atoms with van der Waals surface area (Å²) in [5.74, 6) is 0.558. The van der Waals surface area contributed by atoms with Crippen molar-refractivity contribution in [3.05, 3.63) is 24.5 Å². The molecule has 0 saturated heterocycles. The van der Waals surface area contributed by atoms with Crippen molar-refractivity contribution in [1.29, 1.82) is 0 Å². The molecule has 0 unspecified atom stereocenters. The van der Waals surface area contributed by atoms with Gasteiger partial charge in [-0.3, -0.25) is 0 Å². The van der Waals surface area contributed by atoms with Gasteiger partial charge in [0, 0.05) is 18.0 Å². The highest BCUT2D eigenvalue weighted by atomic mass is 35.5. The molecule has 0 rings (SSSR count). The largest absolute Gasteiger partial charge is 0.419 e. The average Bonchev–Trinajstić information content (AvgIpc) is 1.87. The Balaban J connectivity index is 3.99. The van der Waals surface area contributed by atoms with Gasteiger partial charge >= 0.3 is 5.43 Å². The van der Waals surface area contributed by atoms with Gasteiger partial charge in [0.15, 0.2) is 0 Å². The van der Waals surface area contributed by atoms with Crippen LogP contribution < -0.4 is 0 Å². The second-order valence-corrected chi connectivity index (χ2v) is 2.27. The molecule has 0 spiro atoms. The van der Waals surface area contributed by atoms with E-state index >= 15 is 0 Å². The van der Waals surface area contributed by atoms with Gasteiger partial charge in [0.05, 0.1) is 0 Å². The lowest BCUT2D eigenvalue weighted by molar-refractivity contribution is 0.200. The van der Waals surface area contributed by atoms with Gasteiger partial charge in [0.1, 0.15) is 5.76 Å². The summed E-state index contributed by atoms with van der Waals surface area (Å²) in [6.07, 6.45) is 4.79. The molecule has 0 saturated carbocycles. The summed E-state index contributed by atoms with van der Waals surface area (Å²) in [6, 6.07) is 0. The van der Waals surface area contributed by atoms with Crippen molar-refractivity contribution in [2.75, 3.05) is 0 Å². The fourth-order valence-electron chi connectivity index (χ4n) is 0.649. The zero-order valence-electron chi connectivity index (χ0n) is 6.47. The zero-order valence-corrected chi connectivity index (χ0v) is 7.23. The SMILES string of the molecule is C=C/C=C(\CCC)OC(=O)Cl. The van der Waals surface area contributed by atoms with Crippen LogP contribution in [0.1, 0.15) is 19.8 Å². The first-order valence-electron chi connectivity index (χ1n) is 3.39. The van der Waals surface area contributed by atoms with Crippen molar-refractivity contribution >= 4 is 17.0 Å². The third kappa shape index (κ3) is 5.67. The fourth-order valence-corrected chi connectivity index (χ4v) is 0.748. The summed E-state index contributed by atoms with van der Waals surface area (Å²) in [5, 5.41) is 0. The Kier molecular flexibility index (Phi) is 5.57. The quantitative estimate of drug-likeness (QED) is 0.372. The first kappa shape index (κ1) is 10.2. The van der Waals surface area contributed by atoms with Gasteiger partial charge in [0.2, 0.25) is 0 Å². The Morgan fingerprint density at radius 3 is 2.73 bits per heavy atom. The van der Waals surface area contributed by atoms with E-state index in [-0.39, 0.29) is 0 Å². The first-order valence-corrected chi connectivity index (χ1v) is 3.77. The van der Waals surface area contributed by atoms with E-state index in [1.54, 1.807) is 12.2 Å². The van der Waals surface area contributed by atoms with Crippen molar-refractivity contribution < 1.29 is 9.53 Å². The average molecular weight is 175 g/mol. The number of ether oxygens (including phenoxy) is 1. The lowest BCUT2D eigenvalue weighted by Gasteiger charge is -2.01. The number of carbonyl (C=O) groups excluding carboxylic acids is 1. The van der Waals surface area contributed by atoms with Gasteiger partial charge in [-0.05, 0) is 12.5 Å². The topological polar surface area (TPSA) is 26.3 Å². The van der Waals surface area contributed by atoms with Gasteiger partial charge in [-0.1, -0.05) is 19.6 Å². The summed E-state index contributed by atoms with van der Waals surface area (Å²) in [6.45, 7) is 5.46. The fraction of sp³-hybridized carbons (Fsp3) is 0.375. The van der Waals surface area contributed by atoms with Crippen LogP contribution in [0.15, 0.2) is 24.5 Å². The molecule has 0 bridgehead atoms. The molecule has 3 heteroatoms. The molecule has 0 amide bonds. The minimum Gasteiger partial charge on any atom is -0.419 e. The Morgan fingerprint density at radius 2 is 2.36 bits per heavy atom. The Morgan fingerprint density at radius 1 is 1.73 bits per heavy atom. The predicted molar refractivity (Wildman–Crippen MR) is 45.5 cm³/mol. The third-order valence-corrected chi connectivity index (χ3v) is 1.09. The molecule has 62 valence electrons. The zero-order chi connectivity index (χ0) is 8.69. The normalized spacial score (nSPS) is 10.9. The number of hydrogen-bond donors (Lipinski definition) is 0. The molecule has 0 radical (unpaired) electrons. The molecule has 0 aliphatic heterocycles. The number of allylic oxidation sites excluding steroid dienone is 3. The standard InChI is InChI=1S/C8H11ClO2/c1-3-5-7(6-4-2)11-8(9)10/h3,5H,1,4,6H2,2H3/b7-5+. The van der Waals surface area contributed by atoms with E-state index in [2.05, 4.69) is 11.3 Å². The van der Waals surface area contributed by atoms with E-state index in [0.717, 1.165) is 6.42 Å². The molecular formula is C8H11ClO2. The van der Waals surface area contributed by atoms with E-state index in [0.29, 0.717) is 12.2 Å². The van der Waals surface area contributed by atoms with E-state index in [1.807, 2.05) is 6.92 Å². The van der Waals surface area contributed by atoms with Gasteiger partial charge in [-0.25, -0.2) is 4.79 Å². The number of hydrogen-bond acceptors (Lipinski definition) is 2. The van der Waals surface area contributed by atoms with Crippen molar-refractivity contribution in [3.63, 3.8) is 0 Å². The summed E-state index contributed by atoms with van der Waals surface area (Å²) >= 11 is 5.01. The number of carbonyl (C=O) groups is 1. The molecule has 2 nitrogen and oxygen atoms in total. The highest BCUT2D eigenvalue weighted by Gasteiger charge is 2.00. The van der Waals surface area contributed by atoms with Gasteiger partial charge < -0.3 is 4.74 Å². The molecule has 0 aliphatic rings. The lowest BCUT2D eigenvalue weighted by Crippen LogP contribution is -1.93. The minimum atomic E-state index is -0.799. The van der Waals surface area contributed by atoms with Crippen LogP contribution >= 0.6 is 11.6 Å². The number of rotatable bonds is 4. The maximum absolute atomic E-state index is 10.3. The molecule has 0 aromatic heterocycles. The van der Waals surface area contributed by atoms with Crippen LogP contribution in [0.2, 0.25) is 0 Å². The van der Waals surface area contributed by atoms with Crippen LogP contribution in [0.3, 0.4) is 0 Å². The predicted octanol–water partition coefficient (Wildman–Crippen LogP) is 3.23. The Bertz CT molecular complexity index is 173. The van der Waals surface area contributed by atoms with E-state index < -0.39 is 5.43 Å². The van der Waals surface area contributed by atoms with Crippen molar-refractivity contribution in [1.82, 2.24) is 0 Å². The van der Waals surface area contributed by atoms with E-state index in [9.17, 15) is 4.79 Å². The van der Waals surface area contributed by atoms with Crippen LogP contribution in [0.4, 0.5) is 4.79 Å². The van der Waals surface area contributed by atoms with E-state index in [1.165, 1.54) is 0 Å². The molecular weight excluding hydrogens is 164 g/mol. The van der Waals surface area contributed by atoms with Crippen LogP contribution in [0.25, 0.3) is 0 Å². The van der Waals surface area contributed by atoms with Crippen molar-refractivity contribution in [3.8, 4) is 0 Å². The van der Waals surface area contributed by atoms with Gasteiger partial charge in [-0.15, -0.1) is 0 Å². The van der Waals surface area contributed by atoms with Gasteiger partial charge in [-0.2, -0.15) is 0 Å². The summed E-state index contributed by atoms with van der Waals surface area (Å²) in [5.41, 5.74) is -0.799. The molecule has 0 fully saturated rings. The number of halogens is 1. The molecule has 0 atom stereocenters. The second-order valence-electron chi connectivity index (χ2n) is 1.96. The van der Waals surface area contributed by atoms with Crippen molar-refractivity contribution in [2.45, 2.75) is 19.8 Å². The second kappa shape index (κ2) is 5.98. The minimum absolute atomic E-state index is 0.558. The molecule has 0 aliphatic carbocycles. The molecule has 0 heterocycles. The molecule has 0 aromatic carbocycles. The van der Waals surface area contributed by atoms with E-state index in [4.69, 9.17) is 11.6 Å². The Labute approximate surface area is 71.5 Å². The highest BCUT2D eigenvalue weighted by Crippen LogP contribution is 2.08. The Hall–Kier alpha value is -0.760.